The number of aryl methyl sites for hydroxylation is 3. The molecule has 1 saturated heterocycles. The van der Waals surface area contributed by atoms with Gasteiger partial charge in [0.2, 0.25) is 5.95 Å². The van der Waals surface area contributed by atoms with Crippen LogP contribution in [0.3, 0.4) is 0 Å². The fourth-order valence-corrected chi connectivity index (χ4v) is 4.38. The highest BCUT2D eigenvalue weighted by atomic mass is 16.5. The van der Waals surface area contributed by atoms with Crippen LogP contribution >= 0.6 is 0 Å². The minimum atomic E-state index is -0.0912. The highest BCUT2D eigenvalue weighted by Gasteiger charge is 2.31. The smallest absolute Gasteiger partial charge is 0.228 e. The maximum Gasteiger partial charge on any atom is 0.228 e. The topological polar surface area (TPSA) is 99.7 Å². The molecule has 2 aliphatic rings. The largest absolute Gasteiger partial charge is 0.367 e. The van der Waals surface area contributed by atoms with Gasteiger partial charge in [-0.1, -0.05) is 0 Å². The van der Waals surface area contributed by atoms with Gasteiger partial charge >= 0.3 is 0 Å². The summed E-state index contributed by atoms with van der Waals surface area (Å²) < 4.78 is 10.2. The molecular weight excluding hydrogens is 418 g/mol. The number of rotatable bonds is 4. The average molecular weight is 446 g/mol. The Morgan fingerprint density at radius 2 is 1.82 bits per heavy atom. The summed E-state index contributed by atoms with van der Waals surface area (Å²) in [7, 11) is 1.90. The van der Waals surface area contributed by atoms with E-state index in [0.29, 0.717) is 36.2 Å². The Labute approximate surface area is 191 Å². The molecule has 170 valence electrons. The molecule has 0 unspecified atom stereocenters. The predicted molar refractivity (Wildman–Crippen MR) is 123 cm³/mol. The van der Waals surface area contributed by atoms with Crippen LogP contribution in [0, 0.1) is 13.8 Å². The zero-order chi connectivity index (χ0) is 22.7. The van der Waals surface area contributed by atoms with Crippen LogP contribution in [0.1, 0.15) is 48.9 Å². The zero-order valence-corrected chi connectivity index (χ0v) is 19.3. The summed E-state index contributed by atoms with van der Waals surface area (Å²) in [6, 6.07) is 2.49. The molecule has 0 spiro atoms. The molecule has 10 heteroatoms. The number of aromatic nitrogens is 8. The molecular formula is C23H27N9O. The first-order chi connectivity index (χ1) is 16.0. The lowest BCUT2D eigenvalue weighted by atomic mass is 10.1. The van der Waals surface area contributed by atoms with E-state index in [4.69, 9.17) is 24.7 Å². The summed E-state index contributed by atoms with van der Waals surface area (Å²) in [4.78, 5) is 21.5. The van der Waals surface area contributed by atoms with Gasteiger partial charge in [-0.2, -0.15) is 15.2 Å². The lowest BCUT2D eigenvalue weighted by molar-refractivity contribution is -0.0178. The van der Waals surface area contributed by atoms with E-state index in [1.165, 1.54) is 12.8 Å². The van der Waals surface area contributed by atoms with Gasteiger partial charge in [-0.15, -0.1) is 0 Å². The van der Waals surface area contributed by atoms with E-state index in [1.54, 1.807) is 10.9 Å². The second-order valence-corrected chi connectivity index (χ2v) is 9.10. The van der Waals surface area contributed by atoms with Crippen molar-refractivity contribution in [2.45, 2.75) is 51.9 Å². The number of hydrogen-bond acceptors (Lipinski definition) is 8. The van der Waals surface area contributed by atoms with Crippen molar-refractivity contribution in [1.82, 2.24) is 39.5 Å². The van der Waals surface area contributed by atoms with Crippen LogP contribution in [0.2, 0.25) is 0 Å². The van der Waals surface area contributed by atoms with E-state index in [9.17, 15) is 0 Å². The summed E-state index contributed by atoms with van der Waals surface area (Å²) in [5, 5.41) is 8.88. The molecule has 0 bridgehead atoms. The number of nitrogens with zero attached hydrogens (tertiary/aromatic N) is 9. The first-order valence-electron chi connectivity index (χ1n) is 11.4. The van der Waals surface area contributed by atoms with Crippen molar-refractivity contribution >= 4 is 17.1 Å². The number of ether oxygens (including phenoxy) is 1. The van der Waals surface area contributed by atoms with Gasteiger partial charge in [0.1, 0.15) is 17.3 Å². The zero-order valence-electron chi connectivity index (χ0n) is 19.3. The number of morpholine rings is 1. The van der Waals surface area contributed by atoms with Crippen LogP contribution in [0.15, 0.2) is 24.7 Å². The molecule has 0 aromatic carbocycles. The summed E-state index contributed by atoms with van der Waals surface area (Å²) >= 11 is 0. The second kappa shape index (κ2) is 7.58. The summed E-state index contributed by atoms with van der Waals surface area (Å²) in [6.45, 7) is 7.34. The maximum atomic E-state index is 6.29. The van der Waals surface area contributed by atoms with Gasteiger partial charge in [-0.05, 0) is 39.7 Å². The van der Waals surface area contributed by atoms with Crippen molar-refractivity contribution in [3.05, 3.63) is 41.6 Å². The molecule has 2 fully saturated rings. The lowest BCUT2D eigenvalue weighted by Gasteiger charge is -2.36. The van der Waals surface area contributed by atoms with Crippen molar-refractivity contribution in [1.29, 1.82) is 0 Å². The van der Waals surface area contributed by atoms with Gasteiger partial charge in [-0.3, -0.25) is 9.36 Å². The van der Waals surface area contributed by atoms with Crippen molar-refractivity contribution in [2.24, 2.45) is 7.05 Å². The molecule has 4 aromatic rings. The fourth-order valence-electron chi connectivity index (χ4n) is 4.38. The van der Waals surface area contributed by atoms with E-state index in [2.05, 4.69) is 32.9 Å². The molecule has 0 N–H and O–H groups in total. The van der Waals surface area contributed by atoms with Crippen LogP contribution in [-0.4, -0.2) is 58.7 Å². The molecule has 1 saturated carbocycles. The minimum absolute atomic E-state index is 0.0262. The SMILES string of the molecule is Cc1nc2nc(N3C[C@@H](C)O[C@H](c4cnn(C5CC5)c4)C3)nc(-c3ccnn3C)c2nc1C. The normalized spacial score (nSPS) is 21.2. The van der Waals surface area contributed by atoms with Gasteiger partial charge in [0.05, 0.1) is 42.0 Å². The fraction of sp³-hybridized carbons (Fsp3) is 0.478. The highest BCUT2D eigenvalue weighted by molar-refractivity contribution is 5.87. The molecule has 2 atom stereocenters. The third-order valence-electron chi connectivity index (χ3n) is 6.45. The molecule has 5 heterocycles. The Balaban J connectivity index is 1.41. The molecule has 33 heavy (non-hydrogen) atoms. The van der Waals surface area contributed by atoms with Gasteiger partial charge in [0.25, 0.3) is 0 Å². The van der Waals surface area contributed by atoms with Crippen LogP contribution < -0.4 is 4.90 Å². The Kier molecular flexibility index (Phi) is 4.65. The average Bonchev–Trinajstić information content (AvgIpc) is 3.36. The first-order valence-corrected chi connectivity index (χ1v) is 11.4. The Hall–Kier alpha value is -3.40. The molecule has 1 aliphatic heterocycles. The number of anilines is 1. The van der Waals surface area contributed by atoms with Crippen molar-refractivity contribution in [3.63, 3.8) is 0 Å². The number of fused-ring (bicyclic) bond motifs is 1. The van der Waals surface area contributed by atoms with E-state index in [0.717, 1.165) is 28.3 Å². The summed E-state index contributed by atoms with van der Waals surface area (Å²) in [5.74, 6) is 0.631. The molecule has 4 aromatic heterocycles. The van der Waals surface area contributed by atoms with Crippen molar-refractivity contribution < 1.29 is 4.74 Å². The van der Waals surface area contributed by atoms with Gasteiger partial charge in [0.15, 0.2) is 5.65 Å². The Morgan fingerprint density at radius 3 is 2.58 bits per heavy atom. The first kappa shape index (κ1) is 20.2. The molecule has 6 rings (SSSR count). The van der Waals surface area contributed by atoms with Crippen molar-refractivity contribution in [2.75, 3.05) is 18.0 Å². The minimum Gasteiger partial charge on any atom is -0.367 e. The third-order valence-corrected chi connectivity index (χ3v) is 6.45. The predicted octanol–water partition coefficient (Wildman–Crippen LogP) is 2.93. The quantitative estimate of drug-likeness (QED) is 0.473. The summed E-state index contributed by atoms with van der Waals surface area (Å²) in [5.41, 5.74) is 5.73. The third kappa shape index (κ3) is 3.64. The molecule has 1 aliphatic carbocycles. The lowest BCUT2D eigenvalue weighted by Crippen LogP contribution is -2.43. The Bertz CT molecular complexity index is 1340. The van der Waals surface area contributed by atoms with E-state index in [-0.39, 0.29) is 12.2 Å². The van der Waals surface area contributed by atoms with Gasteiger partial charge < -0.3 is 9.64 Å². The molecule has 0 radical (unpaired) electrons. The van der Waals surface area contributed by atoms with E-state index in [1.807, 2.05) is 33.2 Å². The van der Waals surface area contributed by atoms with E-state index >= 15 is 0 Å². The summed E-state index contributed by atoms with van der Waals surface area (Å²) in [6.07, 6.45) is 8.16. The molecule has 0 amide bonds. The van der Waals surface area contributed by atoms with Gasteiger partial charge in [-0.25, -0.2) is 15.0 Å². The van der Waals surface area contributed by atoms with Crippen molar-refractivity contribution in [3.8, 4) is 11.4 Å². The van der Waals surface area contributed by atoms with Crippen LogP contribution in [-0.2, 0) is 11.8 Å². The number of hydrogen-bond donors (Lipinski definition) is 0. The van der Waals surface area contributed by atoms with Crippen LogP contribution in [0.5, 0.6) is 0 Å². The van der Waals surface area contributed by atoms with Gasteiger partial charge in [0, 0.05) is 31.5 Å². The van der Waals surface area contributed by atoms with E-state index < -0.39 is 0 Å². The maximum absolute atomic E-state index is 6.29. The molecule has 10 nitrogen and oxygen atoms in total. The monoisotopic (exact) mass is 445 g/mol. The van der Waals surface area contributed by atoms with Crippen LogP contribution in [0.4, 0.5) is 5.95 Å². The van der Waals surface area contributed by atoms with Crippen LogP contribution in [0.25, 0.3) is 22.6 Å². The standard InChI is InChI=1S/C23H27N9O/c1-13-10-31(12-19(33-13)16-9-25-32(11-16)17-5-6-17)23-28-20(18-7-8-24-30(18)4)21-22(29-23)27-15(3)14(2)26-21/h7-9,11,13,17,19H,5-6,10,12H2,1-4H3/t13-,19+/m1/s1. The Morgan fingerprint density at radius 1 is 1.00 bits per heavy atom. The highest BCUT2D eigenvalue weighted by Crippen LogP contribution is 2.36. The second-order valence-electron chi connectivity index (χ2n) is 9.10.